The lowest BCUT2D eigenvalue weighted by Crippen LogP contribution is -2.47. The van der Waals surface area contributed by atoms with Crippen molar-refractivity contribution in [3.8, 4) is 5.75 Å². The van der Waals surface area contributed by atoms with Crippen molar-refractivity contribution in [3.05, 3.63) is 23.8 Å². The molecule has 1 spiro atoms. The van der Waals surface area contributed by atoms with Crippen molar-refractivity contribution >= 4 is 11.5 Å². The number of methoxy groups -OCH3 is 1. The van der Waals surface area contributed by atoms with E-state index in [1.54, 1.807) is 25.3 Å². The molecule has 4 heteroatoms. The zero-order valence-corrected chi connectivity index (χ0v) is 11.9. The Morgan fingerprint density at radius 3 is 2.85 bits per heavy atom. The Balaban J connectivity index is 1.78. The number of hydrogen-bond donors (Lipinski definition) is 1. The highest BCUT2D eigenvalue weighted by atomic mass is 16.5. The molecule has 1 aromatic carbocycles. The molecule has 1 saturated heterocycles. The van der Waals surface area contributed by atoms with Gasteiger partial charge >= 0.3 is 0 Å². The lowest BCUT2D eigenvalue weighted by molar-refractivity contribution is -0.137. The molecule has 2 N–H and O–H groups in total. The first-order valence-electron chi connectivity index (χ1n) is 7.25. The van der Waals surface area contributed by atoms with Gasteiger partial charge in [-0.25, -0.2) is 0 Å². The number of carbonyl (C=O) groups excluding carboxylic acids is 1. The molecule has 1 unspecified atom stereocenters. The van der Waals surface area contributed by atoms with Crippen molar-refractivity contribution in [3.63, 3.8) is 0 Å². The summed E-state index contributed by atoms with van der Waals surface area (Å²) in [5, 5.41) is 0. The molecule has 108 valence electrons. The van der Waals surface area contributed by atoms with Crippen molar-refractivity contribution in [2.75, 3.05) is 19.5 Å². The van der Waals surface area contributed by atoms with Gasteiger partial charge < -0.3 is 15.2 Å². The number of rotatable bonds is 3. The van der Waals surface area contributed by atoms with Gasteiger partial charge in [-0.1, -0.05) is 0 Å². The van der Waals surface area contributed by atoms with Crippen LogP contribution in [0.5, 0.6) is 5.75 Å². The summed E-state index contributed by atoms with van der Waals surface area (Å²) in [6, 6.07) is 5.28. The fourth-order valence-electron chi connectivity index (χ4n) is 3.28. The van der Waals surface area contributed by atoms with E-state index in [0.29, 0.717) is 23.6 Å². The summed E-state index contributed by atoms with van der Waals surface area (Å²) in [4.78, 5) is 12.7. The fourth-order valence-corrected chi connectivity index (χ4v) is 3.28. The molecule has 1 aliphatic heterocycles. The minimum absolute atomic E-state index is 0.0141. The van der Waals surface area contributed by atoms with E-state index in [1.807, 2.05) is 0 Å². The van der Waals surface area contributed by atoms with Crippen LogP contribution >= 0.6 is 0 Å². The molecule has 0 radical (unpaired) electrons. The number of Topliss-reactive ketones (excluding diaryl/α,β-unsaturated/α-hetero) is 1. The van der Waals surface area contributed by atoms with Gasteiger partial charge in [0.05, 0.1) is 12.7 Å². The molecule has 1 aliphatic carbocycles. The number of ketones is 1. The molecule has 1 heterocycles. The van der Waals surface area contributed by atoms with Crippen molar-refractivity contribution < 1.29 is 14.3 Å². The molecule has 0 bridgehead atoms. The van der Waals surface area contributed by atoms with Crippen LogP contribution in [0.3, 0.4) is 0 Å². The average Bonchev–Trinajstić information content (AvgIpc) is 2.45. The van der Waals surface area contributed by atoms with Gasteiger partial charge in [0.1, 0.15) is 5.75 Å². The number of ether oxygens (including phenoxy) is 2. The van der Waals surface area contributed by atoms with E-state index < -0.39 is 0 Å². The van der Waals surface area contributed by atoms with Crippen molar-refractivity contribution in [2.45, 2.75) is 37.7 Å². The molecular weight excluding hydrogens is 254 g/mol. The largest absolute Gasteiger partial charge is 0.497 e. The highest BCUT2D eigenvalue weighted by Gasteiger charge is 2.44. The summed E-state index contributed by atoms with van der Waals surface area (Å²) < 4.78 is 11.0. The fraction of sp³-hybridized carbons (Fsp3) is 0.562. The topological polar surface area (TPSA) is 61.5 Å². The highest BCUT2D eigenvalue weighted by molar-refractivity contribution is 6.02. The maximum Gasteiger partial charge on any atom is 0.168 e. The standard InChI is InChI=1S/C16H21NO3/c1-19-12-3-4-13(14(17)9-12)15(18)11-5-8-20-16(10-11)6-2-7-16/h3-4,9,11H,2,5-8,10,17H2,1H3. The lowest BCUT2D eigenvalue weighted by Gasteiger charge is -2.46. The second-order valence-electron chi connectivity index (χ2n) is 5.89. The number of carbonyl (C=O) groups is 1. The van der Waals surface area contributed by atoms with Crippen molar-refractivity contribution in [1.82, 2.24) is 0 Å². The SMILES string of the molecule is COc1ccc(C(=O)C2CCOC3(CCC3)C2)c(N)c1. The first-order chi connectivity index (χ1) is 9.63. The zero-order chi connectivity index (χ0) is 14.2. The van der Waals surface area contributed by atoms with Crippen LogP contribution in [0.1, 0.15) is 42.5 Å². The third-order valence-corrected chi connectivity index (χ3v) is 4.65. The normalized spacial score (nSPS) is 24.1. The van der Waals surface area contributed by atoms with E-state index in [2.05, 4.69) is 0 Å². The Morgan fingerprint density at radius 1 is 1.45 bits per heavy atom. The molecule has 2 fully saturated rings. The summed E-state index contributed by atoms with van der Waals surface area (Å²) in [5.41, 5.74) is 7.09. The molecule has 1 aromatic rings. The van der Waals surface area contributed by atoms with Gasteiger partial charge in [-0.2, -0.15) is 0 Å². The van der Waals surface area contributed by atoms with Crippen molar-refractivity contribution in [1.29, 1.82) is 0 Å². The van der Waals surface area contributed by atoms with Gasteiger partial charge in [-0.15, -0.1) is 0 Å². The first-order valence-corrected chi connectivity index (χ1v) is 7.25. The van der Waals surface area contributed by atoms with Gasteiger partial charge in [0, 0.05) is 29.8 Å². The Bertz CT molecular complexity index is 522. The number of benzene rings is 1. The molecule has 2 aliphatic rings. The molecule has 4 nitrogen and oxygen atoms in total. The summed E-state index contributed by atoms with van der Waals surface area (Å²) in [6.07, 6.45) is 5.04. The Kier molecular flexibility index (Phi) is 3.42. The maximum absolute atomic E-state index is 12.7. The van der Waals surface area contributed by atoms with E-state index >= 15 is 0 Å². The molecule has 0 amide bonds. The molecule has 1 saturated carbocycles. The predicted molar refractivity (Wildman–Crippen MR) is 77.0 cm³/mol. The maximum atomic E-state index is 12.7. The Hall–Kier alpha value is -1.55. The van der Waals surface area contributed by atoms with E-state index in [4.69, 9.17) is 15.2 Å². The van der Waals surface area contributed by atoms with E-state index in [-0.39, 0.29) is 17.3 Å². The minimum Gasteiger partial charge on any atom is -0.497 e. The van der Waals surface area contributed by atoms with Crippen LogP contribution in [0.15, 0.2) is 18.2 Å². The average molecular weight is 275 g/mol. The monoisotopic (exact) mass is 275 g/mol. The summed E-state index contributed by atoms with van der Waals surface area (Å²) in [7, 11) is 1.59. The van der Waals surface area contributed by atoms with E-state index in [1.165, 1.54) is 6.42 Å². The van der Waals surface area contributed by atoms with Gasteiger partial charge in [-0.3, -0.25) is 4.79 Å². The minimum atomic E-state index is -0.0141. The lowest BCUT2D eigenvalue weighted by atomic mass is 9.70. The second kappa shape index (κ2) is 5.09. The van der Waals surface area contributed by atoms with Gasteiger partial charge in [0.2, 0.25) is 0 Å². The summed E-state index contributed by atoms with van der Waals surface area (Å²) in [5.74, 6) is 0.876. The molecular formula is C16H21NO3. The van der Waals surface area contributed by atoms with Gasteiger partial charge in [0.15, 0.2) is 5.78 Å². The number of anilines is 1. The van der Waals surface area contributed by atoms with Gasteiger partial charge in [-0.05, 0) is 44.2 Å². The Labute approximate surface area is 119 Å². The Morgan fingerprint density at radius 2 is 2.25 bits per heavy atom. The predicted octanol–water partition coefficient (Wildman–Crippen LogP) is 2.81. The van der Waals surface area contributed by atoms with Gasteiger partial charge in [0.25, 0.3) is 0 Å². The van der Waals surface area contributed by atoms with Crippen LogP contribution in [-0.2, 0) is 4.74 Å². The quantitative estimate of drug-likeness (QED) is 0.680. The second-order valence-corrected chi connectivity index (χ2v) is 5.89. The van der Waals surface area contributed by atoms with E-state index in [9.17, 15) is 4.79 Å². The van der Waals surface area contributed by atoms with E-state index in [0.717, 1.165) is 25.7 Å². The van der Waals surface area contributed by atoms with Crippen LogP contribution < -0.4 is 10.5 Å². The number of hydrogen-bond acceptors (Lipinski definition) is 4. The molecule has 3 rings (SSSR count). The van der Waals surface area contributed by atoms with Crippen LogP contribution in [0.2, 0.25) is 0 Å². The zero-order valence-electron chi connectivity index (χ0n) is 11.9. The van der Waals surface area contributed by atoms with Crippen LogP contribution in [-0.4, -0.2) is 25.1 Å². The summed E-state index contributed by atoms with van der Waals surface area (Å²) >= 11 is 0. The van der Waals surface area contributed by atoms with Crippen LogP contribution in [0.4, 0.5) is 5.69 Å². The van der Waals surface area contributed by atoms with Crippen molar-refractivity contribution in [2.24, 2.45) is 5.92 Å². The van der Waals surface area contributed by atoms with Crippen LogP contribution in [0.25, 0.3) is 0 Å². The molecule has 20 heavy (non-hydrogen) atoms. The molecule has 1 atom stereocenters. The number of nitrogen functional groups attached to an aromatic ring is 1. The molecule has 0 aromatic heterocycles. The number of nitrogens with two attached hydrogens (primary N) is 1. The first kappa shape index (κ1) is 13.4. The third-order valence-electron chi connectivity index (χ3n) is 4.65. The third kappa shape index (κ3) is 2.29. The van der Waals surface area contributed by atoms with Crippen LogP contribution in [0, 0.1) is 5.92 Å². The summed E-state index contributed by atoms with van der Waals surface area (Å²) in [6.45, 7) is 0.687. The highest BCUT2D eigenvalue weighted by Crippen LogP contribution is 2.45. The smallest absolute Gasteiger partial charge is 0.168 e.